The smallest absolute Gasteiger partial charge is 0.261 e. The van der Waals surface area contributed by atoms with E-state index >= 15 is 0 Å². The number of likely N-dealkylation sites (N-methyl/N-ethyl adjacent to an activating group) is 1. The third-order valence-corrected chi connectivity index (χ3v) is 5.91. The van der Waals surface area contributed by atoms with E-state index in [2.05, 4.69) is 5.32 Å². The molecule has 6 nitrogen and oxygen atoms in total. The van der Waals surface area contributed by atoms with Crippen molar-refractivity contribution in [3.05, 3.63) is 95.1 Å². The highest BCUT2D eigenvalue weighted by molar-refractivity contribution is 5.88. The normalized spacial score (nSPS) is 11.4. The highest BCUT2D eigenvalue weighted by Crippen LogP contribution is 2.22. The predicted molar refractivity (Wildman–Crippen MR) is 133 cm³/mol. The highest BCUT2D eigenvalue weighted by atomic mass is 16.5. The summed E-state index contributed by atoms with van der Waals surface area (Å²) in [6, 6.07) is 22.2. The van der Waals surface area contributed by atoms with Crippen molar-refractivity contribution in [2.45, 2.75) is 32.9 Å². The number of methoxy groups -OCH3 is 1. The zero-order valence-electron chi connectivity index (χ0n) is 20.2. The summed E-state index contributed by atoms with van der Waals surface area (Å²) in [5.41, 5.74) is 3.91. The van der Waals surface area contributed by atoms with Crippen LogP contribution in [0.1, 0.15) is 22.3 Å². The number of benzene rings is 3. The van der Waals surface area contributed by atoms with Crippen LogP contribution in [-0.4, -0.2) is 43.5 Å². The molecule has 1 N–H and O–H groups in total. The second-order valence-electron chi connectivity index (χ2n) is 8.18. The molecule has 0 aliphatic carbocycles. The van der Waals surface area contributed by atoms with Crippen molar-refractivity contribution in [2.75, 3.05) is 20.8 Å². The lowest BCUT2D eigenvalue weighted by Gasteiger charge is -2.31. The van der Waals surface area contributed by atoms with E-state index in [1.807, 2.05) is 86.6 Å². The summed E-state index contributed by atoms with van der Waals surface area (Å²) in [5.74, 6) is 0.852. The van der Waals surface area contributed by atoms with Crippen LogP contribution in [0.3, 0.4) is 0 Å². The van der Waals surface area contributed by atoms with Crippen LogP contribution >= 0.6 is 0 Å². The average molecular weight is 461 g/mol. The molecule has 6 heteroatoms. The lowest BCUT2D eigenvalue weighted by Crippen LogP contribution is -2.51. The summed E-state index contributed by atoms with van der Waals surface area (Å²) < 4.78 is 11.3. The first-order chi connectivity index (χ1) is 16.4. The summed E-state index contributed by atoms with van der Waals surface area (Å²) >= 11 is 0. The van der Waals surface area contributed by atoms with Gasteiger partial charge in [0.25, 0.3) is 5.91 Å². The molecule has 0 spiro atoms. The van der Waals surface area contributed by atoms with E-state index in [1.54, 1.807) is 19.1 Å². The summed E-state index contributed by atoms with van der Waals surface area (Å²) in [5, 5.41) is 2.72. The van der Waals surface area contributed by atoms with Crippen LogP contribution < -0.4 is 14.8 Å². The lowest BCUT2D eigenvalue weighted by molar-refractivity contribution is -0.142. The number of hydrogen-bond donors (Lipinski definition) is 1. The Balaban J connectivity index is 1.90. The Hall–Kier alpha value is -3.80. The number of carbonyl (C=O) groups is 2. The van der Waals surface area contributed by atoms with Crippen LogP contribution in [0.5, 0.6) is 11.5 Å². The molecule has 34 heavy (non-hydrogen) atoms. The van der Waals surface area contributed by atoms with E-state index in [0.29, 0.717) is 17.9 Å². The standard InChI is InChI=1S/C28H32N2O4/c1-20-10-8-15-26(21(20)2)34-19-27(31)30(18-23-13-9-14-24(16-23)33-4)25(28(32)29-3)17-22-11-6-5-7-12-22/h5-16,25H,17-19H2,1-4H3,(H,29,32). The maximum atomic E-state index is 13.5. The van der Waals surface area contributed by atoms with Crippen LogP contribution in [0, 0.1) is 13.8 Å². The van der Waals surface area contributed by atoms with Crippen molar-refractivity contribution >= 4 is 11.8 Å². The Morgan fingerprint density at radius 2 is 1.65 bits per heavy atom. The second kappa shape index (κ2) is 11.9. The molecule has 0 aliphatic rings. The number of nitrogens with zero attached hydrogens (tertiary/aromatic N) is 1. The second-order valence-corrected chi connectivity index (χ2v) is 8.18. The lowest BCUT2D eigenvalue weighted by atomic mass is 10.0. The number of carbonyl (C=O) groups excluding carboxylic acids is 2. The third kappa shape index (κ3) is 6.38. The molecule has 1 atom stereocenters. The van der Waals surface area contributed by atoms with Crippen LogP contribution in [0.25, 0.3) is 0 Å². The largest absolute Gasteiger partial charge is 0.497 e. The van der Waals surface area contributed by atoms with Crippen LogP contribution in [-0.2, 0) is 22.6 Å². The quantitative estimate of drug-likeness (QED) is 0.495. The zero-order chi connectivity index (χ0) is 24.5. The monoisotopic (exact) mass is 460 g/mol. The molecule has 0 bridgehead atoms. The van der Waals surface area contributed by atoms with Crippen molar-refractivity contribution in [3.63, 3.8) is 0 Å². The minimum Gasteiger partial charge on any atom is -0.497 e. The molecule has 3 aromatic rings. The van der Waals surface area contributed by atoms with Gasteiger partial charge in [0, 0.05) is 20.0 Å². The van der Waals surface area contributed by atoms with E-state index in [4.69, 9.17) is 9.47 Å². The molecule has 0 saturated heterocycles. The van der Waals surface area contributed by atoms with Crippen molar-refractivity contribution in [3.8, 4) is 11.5 Å². The van der Waals surface area contributed by atoms with Crippen LogP contribution in [0.4, 0.5) is 0 Å². The van der Waals surface area contributed by atoms with Gasteiger partial charge in [-0.05, 0) is 54.3 Å². The van der Waals surface area contributed by atoms with E-state index in [1.165, 1.54) is 0 Å². The third-order valence-electron chi connectivity index (χ3n) is 5.91. The molecule has 0 saturated carbocycles. The topological polar surface area (TPSA) is 67.9 Å². The maximum absolute atomic E-state index is 13.5. The Morgan fingerprint density at radius 1 is 0.941 bits per heavy atom. The van der Waals surface area contributed by atoms with Gasteiger partial charge in [0.2, 0.25) is 5.91 Å². The van der Waals surface area contributed by atoms with Gasteiger partial charge < -0.3 is 19.7 Å². The van der Waals surface area contributed by atoms with Gasteiger partial charge in [-0.15, -0.1) is 0 Å². The van der Waals surface area contributed by atoms with Crippen LogP contribution in [0.15, 0.2) is 72.8 Å². The SMILES string of the molecule is CNC(=O)C(Cc1ccccc1)N(Cc1cccc(OC)c1)C(=O)COc1cccc(C)c1C. The zero-order valence-corrected chi connectivity index (χ0v) is 20.2. The van der Waals surface area contributed by atoms with Gasteiger partial charge in [-0.2, -0.15) is 0 Å². The van der Waals surface area contributed by atoms with Crippen molar-refractivity contribution in [1.29, 1.82) is 0 Å². The highest BCUT2D eigenvalue weighted by Gasteiger charge is 2.30. The molecule has 1 unspecified atom stereocenters. The van der Waals surface area contributed by atoms with Crippen molar-refractivity contribution in [2.24, 2.45) is 0 Å². The number of amides is 2. The first kappa shape index (κ1) is 24.8. The number of hydrogen-bond acceptors (Lipinski definition) is 4. The Morgan fingerprint density at radius 3 is 2.35 bits per heavy atom. The summed E-state index contributed by atoms with van der Waals surface area (Å²) in [7, 11) is 3.18. The van der Waals surface area contributed by atoms with Crippen molar-refractivity contribution in [1.82, 2.24) is 10.2 Å². The Bertz CT molecular complexity index is 1110. The molecule has 0 aromatic heterocycles. The van der Waals surface area contributed by atoms with E-state index < -0.39 is 6.04 Å². The number of ether oxygens (including phenoxy) is 2. The van der Waals surface area contributed by atoms with Gasteiger partial charge in [0.05, 0.1) is 7.11 Å². The molecule has 0 radical (unpaired) electrons. The molecule has 3 rings (SSSR count). The number of aryl methyl sites for hydroxylation is 1. The van der Waals surface area contributed by atoms with Crippen molar-refractivity contribution < 1.29 is 19.1 Å². The van der Waals surface area contributed by atoms with Gasteiger partial charge >= 0.3 is 0 Å². The minimum absolute atomic E-state index is 0.170. The molecular formula is C28H32N2O4. The maximum Gasteiger partial charge on any atom is 0.261 e. The van der Waals surface area contributed by atoms with E-state index in [-0.39, 0.29) is 25.0 Å². The molecule has 2 amide bonds. The van der Waals surface area contributed by atoms with Gasteiger partial charge in [-0.3, -0.25) is 9.59 Å². The molecule has 0 heterocycles. The average Bonchev–Trinajstić information content (AvgIpc) is 2.87. The summed E-state index contributed by atoms with van der Waals surface area (Å²) in [6.07, 6.45) is 0.389. The van der Waals surface area contributed by atoms with Gasteiger partial charge in [0.15, 0.2) is 6.61 Å². The van der Waals surface area contributed by atoms with E-state index in [0.717, 1.165) is 22.3 Å². The fraction of sp³-hybridized carbons (Fsp3) is 0.286. The fourth-order valence-electron chi connectivity index (χ4n) is 3.79. The molecule has 0 fully saturated rings. The van der Waals surface area contributed by atoms with Gasteiger partial charge in [0.1, 0.15) is 17.5 Å². The summed E-state index contributed by atoms with van der Waals surface area (Å²) in [4.78, 5) is 28.1. The molecule has 178 valence electrons. The number of rotatable bonds is 10. The van der Waals surface area contributed by atoms with Gasteiger partial charge in [-0.25, -0.2) is 0 Å². The summed E-state index contributed by atoms with van der Waals surface area (Å²) in [6.45, 7) is 4.04. The number of nitrogens with one attached hydrogen (secondary N) is 1. The minimum atomic E-state index is -0.701. The van der Waals surface area contributed by atoms with Crippen LogP contribution in [0.2, 0.25) is 0 Å². The molecule has 0 aliphatic heterocycles. The molecular weight excluding hydrogens is 428 g/mol. The van der Waals surface area contributed by atoms with E-state index in [9.17, 15) is 9.59 Å². The first-order valence-electron chi connectivity index (χ1n) is 11.3. The molecule has 3 aromatic carbocycles. The van der Waals surface area contributed by atoms with Gasteiger partial charge in [-0.1, -0.05) is 54.6 Å². The first-order valence-corrected chi connectivity index (χ1v) is 11.3. The predicted octanol–water partition coefficient (Wildman–Crippen LogP) is 4.08. The Kier molecular flexibility index (Phi) is 8.68. The fourth-order valence-corrected chi connectivity index (χ4v) is 3.79. The Labute approximate surface area is 201 Å².